The van der Waals surface area contributed by atoms with Crippen LogP contribution in [0.3, 0.4) is 0 Å². The van der Waals surface area contributed by atoms with Crippen LogP contribution in [0.15, 0.2) is 0 Å². The van der Waals surface area contributed by atoms with Crippen molar-refractivity contribution < 1.29 is 14.7 Å². The molecular formula is C6H9NO3S. The standard InChI is InChI=1S/C6H9NO3S/c1-4-5(6(9)10)7(2-8)3-11-4/h2,4-5H,3H2,1H3,(H,9,10)/t4-,5-/m1/s1. The van der Waals surface area contributed by atoms with Gasteiger partial charge in [-0.1, -0.05) is 6.92 Å². The Labute approximate surface area is 68.6 Å². The van der Waals surface area contributed by atoms with E-state index in [1.807, 2.05) is 6.92 Å². The zero-order valence-corrected chi connectivity index (χ0v) is 6.87. The van der Waals surface area contributed by atoms with Crippen molar-refractivity contribution in [2.75, 3.05) is 5.88 Å². The van der Waals surface area contributed by atoms with Gasteiger partial charge in [0.2, 0.25) is 6.41 Å². The molecule has 11 heavy (non-hydrogen) atoms. The van der Waals surface area contributed by atoms with Crippen LogP contribution in [-0.4, -0.2) is 39.6 Å². The first-order valence-corrected chi connectivity index (χ1v) is 4.27. The molecule has 0 radical (unpaired) electrons. The SMILES string of the molecule is C[C@H]1SCN(C=O)[C@H]1C(=O)O. The van der Waals surface area contributed by atoms with E-state index in [0.29, 0.717) is 12.3 Å². The molecule has 0 bridgehead atoms. The van der Waals surface area contributed by atoms with Crippen LogP contribution in [-0.2, 0) is 9.59 Å². The third-order valence-corrected chi connectivity index (χ3v) is 2.91. The van der Waals surface area contributed by atoms with Gasteiger partial charge in [-0.15, -0.1) is 11.8 Å². The minimum atomic E-state index is -0.922. The van der Waals surface area contributed by atoms with E-state index in [9.17, 15) is 9.59 Å². The van der Waals surface area contributed by atoms with Crippen LogP contribution in [0.5, 0.6) is 0 Å². The summed E-state index contributed by atoms with van der Waals surface area (Å²) in [6, 6.07) is -0.641. The van der Waals surface area contributed by atoms with Crippen molar-refractivity contribution in [3.63, 3.8) is 0 Å². The van der Waals surface area contributed by atoms with Crippen molar-refractivity contribution in [3.05, 3.63) is 0 Å². The fourth-order valence-electron chi connectivity index (χ4n) is 1.08. The average molecular weight is 175 g/mol. The van der Waals surface area contributed by atoms with Gasteiger partial charge in [-0.3, -0.25) is 4.79 Å². The minimum absolute atomic E-state index is 0.00213. The Morgan fingerprint density at radius 3 is 2.82 bits per heavy atom. The summed E-state index contributed by atoms with van der Waals surface area (Å²) in [5, 5.41) is 8.67. The maximum Gasteiger partial charge on any atom is 0.327 e. The minimum Gasteiger partial charge on any atom is -0.480 e. The molecule has 1 aliphatic heterocycles. The number of aliphatic carboxylic acids is 1. The monoisotopic (exact) mass is 175 g/mol. The Morgan fingerprint density at radius 1 is 1.82 bits per heavy atom. The zero-order chi connectivity index (χ0) is 8.43. The van der Waals surface area contributed by atoms with E-state index >= 15 is 0 Å². The molecule has 1 N–H and O–H groups in total. The molecule has 0 aliphatic carbocycles. The lowest BCUT2D eigenvalue weighted by atomic mass is 10.2. The second-order valence-electron chi connectivity index (χ2n) is 2.40. The Hall–Kier alpha value is -0.710. The van der Waals surface area contributed by atoms with E-state index in [2.05, 4.69) is 0 Å². The summed E-state index contributed by atoms with van der Waals surface area (Å²) in [5.41, 5.74) is 0. The Kier molecular flexibility index (Phi) is 2.38. The van der Waals surface area contributed by atoms with Crippen molar-refractivity contribution in [2.45, 2.75) is 18.2 Å². The maximum atomic E-state index is 10.6. The number of nitrogens with zero attached hydrogens (tertiary/aromatic N) is 1. The molecule has 0 unspecified atom stereocenters. The number of carbonyl (C=O) groups is 2. The number of rotatable bonds is 2. The Morgan fingerprint density at radius 2 is 2.45 bits per heavy atom. The molecule has 1 amide bonds. The van der Waals surface area contributed by atoms with Gasteiger partial charge in [0.1, 0.15) is 6.04 Å². The van der Waals surface area contributed by atoms with Gasteiger partial charge in [0.15, 0.2) is 0 Å². The first kappa shape index (κ1) is 8.39. The van der Waals surface area contributed by atoms with Gasteiger partial charge in [-0.25, -0.2) is 4.79 Å². The van der Waals surface area contributed by atoms with Gasteiger partial charge in [0, 0.05) is 5.25 Å². The third kappa shape index (κ3) is 1.48. The molecule has 0 aromatic carbocycles. The summed E-state index contributed by atoms with van der Waals surface area (Å²) in [6.45, 7) is 1.81. The predicted molar refractivity (Wildman–Crippen MR) is 41.2 cm³/mol. The van der Waals surface area contributed by atoms with Gasteiger partial charge in [0.25, 0.3) is 0 Å². The number of carbonyl (C=O) groups excluding carboxylic acids is 1. The molecule has 4 nitrogen and oxygen atoms in total. The first-order valence-electron chi connectivity index (χ1n) is 3.22. The predicted octanol–water partition coefficient (Wildman–Crippen LogP) is -0.00920. The van der Waals surface area contributed by atoms with Crippen molar-refractivity contribution in [1.29, 1.82) is 0 Å². The highest BCUT2D eigenvalue weighted by Gasteiger charge is 2.36. The molecular weight excluding hydrogens is 166 g/mol. The Balaban J connectivity index is 2.70. The van der Waals surface area contributed by atoms with Gasteiger partial charge in [0.05, 0.1) is 5.88 Å². The summed E-state index contributed by atoms with van der Waals surface area (Å²) in [7, 11) is 0. The molecule has 1 aliphatic rings. The Bertz CT molecular complexity index is 185. The molecule has 0 aromatic heterocycles. The van der Waals surface area contributed by atoms with Crippen LogP contribution in [0.4, 0.5) is 0 Å². The largest absolute Gasteiger partial charge is 0.480 e. The molecule has 2 atom stereocenters. The smallest absolute Gasteiger partial charge is 0.327 e. The maximum absolute atomic E-state index is 10.6. The zero-order valence-electron chi connectivity index (χ0n) is 6.06. The van der Waals surface area contributed by atoms with Crippen LogP contribution in [0.2, 0.25) is 0 Å². The number of amides is 1. The molecule has 1 heterocycles. The number of thioether (sulfide) groups is 1. The van der Waals surface area contributed by atoms with Crippen molar-refractivity contribution in [2.24, 2.45) is 0 Å². The van der Waals surface area contributed by atoms with E-state index in [0.717, 1.165) is 0 Å². The summed E-state index contributed by atoms with van der Waals surface area (Å²) in [6.07, 6.45) is 0.593. The highest BCUT2D eigenvalue weighted by atomic mass is 32.2. The lowest BCUT2D eigenvalue weighted by Crippen LogP contribution is -2.39. The summed E-state index contributed by atoms with van der Waals surface area (Å²) in [5.74, 6) is -0.434. The van der Waals surface area contributed by atoms with E-state index in [4.69, 9.17) is 5.11 Å². The van der Waals surface area contributed by atoms with E-state index in [1.165, 1.54) is 16.7 Å². The third-order valence-electron chi connectivity index (χ3n) is 1.68. The quantitative estimate of drug-likeness (QED) is 0.600. The fourth-order valence-corrected chi connectivity index (χ4v) is 2.17. The molecule has 1 saturated heterocycles. The number of hydrogen-bond donors (Lipinski definition) is 1. The highest BCUT2D eigenvalue weighted by Crippen LogP contribution is 2.27. The van der Waals surface area contributed by atoms with Gasteiger partial charge in [-0.2, -0.15) is 0 Å². The van der Waals surface area contributed by atoms with Gasteiger partial charge in [-0.05, 0) is 0 Å². The summed E-state index contributed by atoms with van der Waals surface area (Å²) in [4.78, 5) is 22.2. The highest BCUT2D eigenvalue weighted by molar-refractivity contribution is 8.00. The topological polar surface area (TPSA) is 57.6 Å². The molecule has 0 aromatic rings. The van der Waals surface area contributed by atoms with Crippen LogP contribution in [0.1, 0.15) is 6.92 Å². The van der Waals surface area contributed by atoms with E-state index < -0.39 is 12.0 Å². The lowest BCUT2D eigenvalue weighted by molar-refractivity contribution is -0.145. The lowest BCUT2D eigenvalue weighted by Gasteiger charge is -2.16. The second kappa shape index (κ2) is 3.13. The van der Waals surface area contributed by atoms with Crippen molar-refractivity contribution >= 4 is 24.1 Å². The molecule has 1 fully saturated rings. The average Bonchev–Trinajstić information content (AvgIpc) is 2.30. The molecule has 0 spiro atoms. The van der Waals surface area contributed by atoms with Gasteiger partial charge >= 0.3 is 5.97 Å². The molecule has 62 valence electrons. The summed E-state index contributed by atoms with van der Waals surface area (Å²) >= 11 is 1.48. The normalized spacial score (nSPS) is 30.5. The number of hydrogen-bond acceptors (Lipinski definition) is 3. The van der Waals surface area contributed by atoms with Crippen LogP contribution in [0.25, 0.3) is 0 Å². The van der Waals surface area contributed by atoms with E-state index in [1.54, 1.807) is 0 Å². The van der Waals surface area contributed by atoms with Crippen LogP contribution in [0, 0.1) is 0 Å². The van der Waals surface area contributed by atoms with Crippen LogP contribution < -0.4 is 0 Å². The second-order valence-corrected chi connectivity index (χ2v) is 3.74. The van der Waals surface area contributed by atoms with Crippen molar-refractivity contribution in [1.82, 2.24) is 4.90 Å². The van der Waals surface area contributed by atoms with E-state index in [-0.39, 0.29) is 5.25 Å². The number of carboxylic acid groups (broad SMARTS) is 1. The molecule has 1 rings (SSSR count). The summed E-state index contributed by atoms with van der Waals surface area (Å²) < 4.78 is 0. The first-order chi connectivity index (χ1) is 5.16. The molecule has 5 heteroatoms. The van der Waals surface area contributed by atoms with Crippen molar-refractivity contribution in [3.8, 4) is 0 Å². The number of carboxylic acids is 1. The van der Waals surface area contributed by atoms with Gasteiger partial charge < -0.3 is 10.0 Å². The fraction of sp³-hybridized carbons (Fsp3) is 0.667. The van der Waals surface area contributed by atoms with Crippen LogP contribution >= 0.6 is 11.8 Å². The molecule has 0 saturated carbocycles.